The number of rotatable bonds is 6. The Hall–Kier alpha value is -2.20. The van der Waals surface area contributed by atoms with Crippen molar-refractivity contribution in [2.75, 3.05) is 40.0 Å². The minimum atomic E-state index is 0.385. The molecule has 138 valence electrons. The molecule has 0 aromatic heterocycles. The Balaban J connectivity index is 1.35. The first-order valence-corrected chi connectivity index (χ1v) is 9.56. The van der Waals surface area contributed by atoms with Crippen LogP contribution >= 0.6 is 0 Å². The Morgan fingerprint density at radius 1 is 1.04 bits per heavy atom. The smallest absolute Gasteiger partial charge is 0.126 e. The van der Waals surface area contributed by atoms with Gasteiger partial charge in [0.05, 0.1) is 13.7 Å². The van der Waals surface area contributed by atoms with Crippen molar-refractivity contribution in [1.29, 1.82) is 0 Å². The first-order valence-electron chi connectivity index (χ1n) is 9.56. The van der Waals surface area contributed by atoms with E-state index in [1.807, 2.05) is 18.2 Å². The molecule has 1 fully saturated rings. The van der Waals surface area contributed by atoms with Gasteiger partial charge >= 0.3 is 0 Å². The fourth-order valence-electron chi connectivity index (χ4n) is 3.83. The summed E-state index contributed by atoms with van der Waals surface area (Å²) in [7, 11) is 1.69. The van der Waals surface area contributed by atoms with Crippen LogP contribution in [0, 0.1) is 0 Å². The zero-order valence-electron chi connectivity index (χ0n) is 15.4. The largest absolute Gasteiger partial charge is 0.497 e. The van der Waals surface area contributed by atoms with Gasteiger partial charge in [-0.3, -0.25) is 4.90 Å². The van der Waals surface area contributed by atoms with Crippen LogP contribution in [0.2, 0.25) is 0 Å². The number of likely N-dealkylation sites (tertiary alicyclic amines) is 1. The highest BCUT2D eigenvalue weighted by molar-refractivity contribution is 5.44. The molecule has 4 nitrogen and oxygen atoms in total. The van der Waals surface area contributed by atoms with Gasteiger partial charge in [0, 0.05) is 18.5 Å². The molecule has 26 heavy (non-hydrogen) atoms. The summed E-state index contributed by atoms with van der Waals surface area (Å²) in [5, 5.41) is 0. The number of benzene rings is 2. The van der Waals surface area contributed by atoms with E-state index in [1.165, 1.54) is 37.1 Å². The third-order valence-corrected chi connectivity index (χ3v) is 5.41. The van der Waals surface area contributed by atoms with Gasteiger partial charge in [-0.2, -0.15) is 0 Å². The molecule has 2 aliphatic heterocycles. The molecule has 0 radical (unpaired) electrons. The maximum Gasteiger partial charge on any atom is 0.126 e. The second-order valence-corrected chi connectivity index (χ2v) is 7.15. The molecular formula is C22H27NO3. The predicted molar refractivity (Wildman–Crippen MR) is 103 cm³/mol. The summed E-state index contributed by atoms with van der Waals surface area (Å²) in [6.07, 6.45) is 3.64. The molecule has 2 aromatic carbocycles. The van der Waals surface area contributed by atoms with Crippen molar-refractivity contribution in [3.63, 3.8) is 0 Å². The van der Waals surface area contributed by atoms with Crippen LogP contribution in [0.15, 0.2) is 42.5 Å². The van der Waals surface area contributed by atoms with Gasteiger partial charge in [-0.25, -0.2) is 0 Å². The molecule has 1 saturated heterocycles. The lowest BCUT2D eigenvalue weighted by Gasteiger charge is -2.26. The average Bonchev–Trinajstić information content (AvgIpc) is 3.21. The number of hydrogen-bond acceptors (Lipinski definition) is 4. The first kappa shape index (κ1) is 17.2. The van der Waals surface area contributed by atoms with E-state index in [2.05, 4.69) is 29.2 Å². The molecule has 2 aromatic rings. The molecule has 4 heteroatoms. The molecular weight excluding hydrogens is 326 g/mol. The van der Waals surface area contributed by atoms with E-state index in [0.717, 1.165) is 36.8 Å². The van der Waals surface area contributed by atoms with E-state index in [9.17, 15) is 0 Å². The molecule has 0 aliphatic carbocycles. The lowest BCUT2D eigenvalue weighted by Crippen LogP contribution is -2.25. The topological polar surface area (TPSA) is 30.9 Å². The van der Waals surface area contributed by atoms with Crippen molar-refractivity contribution in [2.45, 2.75) is 25.2 Å². The summed E-state index contributed by atoms with van der Waals surface area (Å²) in [4.78, 5) is 2.47. The highest BCUT2D eigenvalue weighted by atomic mass is 16.5. The van der Waals surface area contributed by atoms with Crippen molar-refractivity contribution in [3.05, 3.63) is 53.6 Å². The van der Waals surface area contributed by atoms with Crippen LogP contribution in [0.5, 0.6) is 17.2 Å². The van der Waals surface area contributed by atoms with Crippen LogP contribution in [0.3, 0.4) is 0 Å². The van der Waals surface area contributed by atoms with Crippen LogP contribution in [0.25, 0.3) is 0 Å². The van der Waals surface area contributed by atoms with Crippen LogP contribution in [-0.4, -0.2) is 44.9 Å². The summed E-state index contributed by atoms with van der Waals surface area (Å²) >= 11 is 0. The van der Waals surface area contributed by atoms with Crippen molar-refractivity contribution >= 4 is 0 Å². The van der Waals surface area contributed by atoms with Gasteiger partial charge < -0.3 is 14.2 Å². The van der Waals surface area contributed by atoms with Gasteiger partial charge in [0.2, 0.25) is 0 Å². The van der Waals surface area contributed by atoms with E-state index >= 15 is 0 Å². The second kappa shape index (κ2) is 8.00. The lowest BCUT2D eigenvalue weighted by molar-refractivity contribution is 0.233. The molecule has 1 atom stereocenters. The zero-order chi connectivity index (χ0) is 17.8. The van der Waals surface area contributed by atoms with Gasteiger partial charge in [-0.1, -0.05) is 18.2 Å². The number of ether oxygens (including phenoxy) is 3. The van der Waals surface area contributed by atoms with Gasteiger partial charge in [-0.05, 0) is 61.7 Å². The molecule has 0 bridgehead atoms. The Bertz CT molecular complexity index is 723. The van der Waals surface area contributed by atoms with Gasteiger partial charge in [-0.15, -0.1) is 0 Å². The molecule has 2 heterocycles. The second-order valence-electron chi connectivity index (χ2n) is 7.15. The van der Waals surface area contributed by atoms with Crippen LogP contribution in [0.4, 0.5) is 0 Å². The molecule has 0 saturated carbocycles. The fourth-order valence-corrected chi connectivity index (χ4v) is 3.83. The number of methoxy groups -OCH3 is 1. The molecule has 1 unspecified atom stereocenters. The Morgan fingerprint density at radius 2 is 1.81 bits per heavy atom. The third kappa shape index (κ3) is 3.96. The number of nitrogens with zero attached hydrogens (tertiary/aromatic N) is 1. The van der Waals surface area contributed by atoms with E-state index in [1.54, 1.807) is 7.11 Å². The summed E-state index contributed by atoms with van der Waals surface area (Å²) in [6, 6.07) is 14.6. The van der Waals surface area contributed by atoms with Crippen molar-refractivity contribution in [2.24, 2.45) is 0 Å². The minimum absolute atomic E-state index is 0.385. The lowest BCUT2D eigenvalue weighted by atomic mass is 9.90. The monoisotopic (exact) mass is 353 g/mol. The number of hydrogen-bond donors (Lipinski definition) is 0. The Labute approximate surface area is 155 Å². The fraction of sp³-hybridized carbons (Fsp3) is 0.455. The normalized spacial score (nSPS) is 19.7. The zero-order valence-corrected chi connectivity index (χ0v) is 15.4. The summed E-state index contributed by atoms with van der Waals surface area (Å²) in [6.45, 7) is 4.88. The Morgan fingerprint density at radius 3 is 2.58 bits per heavy atom. The maximum absolute atomic E-state index is 6.05. The van der Waals surface area contributed by atoms with E-state index in [4.69, 9.17) is 14.2 Å². The summed E-state index contributed by atoms with van der Waals surface area (Å²) in [5.41, 5.74) is 2.55. The van der Waals surface area contributed by atoms with Crippen molar-refractivity contribution in [3.8, 4) is 17.2 Å². The van der Waals surface area contributed by atoms with Crippen molar-refractivity contribution < 1.29 is 14.2 Å². The van der Waals surface area contributed by atoms with E-state index < -0.39 is 0 Å². The van der Waals surface area contributed by atoms with Crippen LogP contribution < -0.4 is 14.2 Å². The molecule has 4 rings (SSSR count). The average molecular weight is 353 g/mol. The third-order valence-electron chi connectivity index (χ3n) is 5.41. The van der Waals surface area contributed by atoms with Gasteiger partial charge in [0.25, 0.3) is 0 Å². The Kier molecular flexibility index (Phi) is 5.30. The first-order chi connectivity index (χ1) is 12.8. The maximum atomic E-state index is 6.05. The molecule has 0 spiro atoms. The van der Waals surface area contributed by atoms with Crippen molar-refractivity contribution in [1.82, 2.24) is 4.90 Å². The van der Waals surface area contributed by atoms with Gasteiger partial charge in [0.15, 0.2) is 0 Å². The summed E-state index contributed by atoms with van der Waals surface area (Å²) in [5.74, 6) is 3.15. The predicted octanol–water partition coefficient (Wildman–Crippen LogP) is 3.89. The van der Waals surface area contributed by atoms with Crippen LogP contribution in [-0.2, 0) is 6.42 Å². The van der Waals surface area contributed by atoms with Crippen LogP contribution in [0.1, 0.15) is 29.9 Å². The molecule has 0 N–H and O–H groups in total. The highest BCUT2D eigenvalue weighted by Crippen LogP contribution is 2.35. The number of fused-ring (bicyclic) bond motifs is 1. The quantitative estimate of drug-likeness (QED) is 0.788. The van der Waals surface area contributed by atoms with E-state index in [0.29, 0.717) is 12.5 Å². The molecule has 0 amide bonds. The highest BCUT2D eigenvalue weighted by Gasteiger charge is 2.22. The van der Waals surface area contributed by atoms with Gasteiger partial charge in [0.1, 0.15) is 23.9 Å². The SMILES string of the molecule is COc1ccc(C2COc3cc(OCCN4CCCC4)ccc3C2)cc1. The molecule has 2 aliphatic rings. The van der Waals surface area contributed by atoms with E-state index in [-0.39, 0.29) is 0 Å². The standard InChI is InChI=1S/C22H27NO3/c1-24-20-7-4-17(5-8-20)19-14-18-6-9-21(15-22(18)26-16-19)25-13-12-23-10-2-3-11-23/h4-9,15,19H,2-3,10-14,16H2,1H3. The summed E-state index contributed by atoms with van der Waals surface area (Å²) < 4.78 is 17.2. The minimum Gasteiger partial charge on any atom is -0.497 e.